The van der Waals surface area contributed by atoms with Crippen LogP contribution in [-0.2, 0) is 0 Å². The number of benzene rings is 1. The molecule has 0 aromatic heterocycles. The van der Waals surface area contributed by atoms with E-state index < -0.39 is 12.7 Å². The van der Waals surface area contributed by atoms with E-state index in [1.165, 1.54) is 0 Å². The highest BCUT2D eigenvalue weighted by Gasteiger charge is 2.08. The van der Waals surface area contributed by atoms with Crippen molar-refractivity contribution in [1.82, 2.24) is 0 Å². The van der Waals surface area contributed by atoms with Crippen LogP contribution in [0.1, 0.15) is 10.4 Å². The third kappa shape index (κ3) is 2.49. The predicted molar refractivity (Wildman–Crippen MR) is 55.1 cm³/mol. The third-order valence-electron chi connectivity index (χ3n) is 1.37. The van der Waals surface area contributed by atoms with Crippen molar-refractivity contribution < 1.29 is 4.79 Å². The Kier molecular flexibility index (Phi) is 3.59. The molecule has 0 fully saturated rings. The maximum atomic E-state index is 10.7. The van der Waals surface area contributed by atoms with Crippen LogP contribution < -0.4 is 5.19 Å². The lowest BCUT2D eigenvalue weighted by molar-refractivity contribution is 0.108. The van der Waals surface area contributed by atoms with Crippen LogP contribution in [0.4, 0.5) is 0 Å². The number of hydrogen-bond donors (Lipinski definition) is 0. The molecule has 1 rings (SSSR count). The van der Waals surface area contributed by atoms with Crippen molar-refractivity contribution >= 4 is 51.6 Å². The Balaban J connectivity index is 3.04. The quantitative estimate of drug-likeness (QED) is 0.438. The topological polar surface area (TPSA) is 17.1 Å². The van der Waals surface area contributed by atoms with Crippen LogP contribution >= 0.6 is 33.8 Å². The molecule has 0 saturated heterocycles. The van der Waals surface area contributed by atoms with Crippen LogP contribution in [0, 0.1) is 0 Å². The molecule has 0 aliphatic rings. The van der Waals surface area contributed by atoms with Crippen LogP contribution in [0.15, 0.2) is 24.3 Å². The SMILES string of the molecule is O=C(Cl)c1cccc([SiH](Cl)Cl)c1. The van der Waals surface area contributed by atoms with Gasteiger partial charge in [-0.2, -0.15) is 0 Å². The Morgan fingerprint density at radius 1 is 1.33 bits per heavy atom. The van der Waals surface area contributed by atoms with Crippen molar-refractivity contribution in [2.24, 2.45) is 0 Å². The number of halogens is 3. The molecule has 0 bridgehead atoms. The molecule has 1 nitrogen and oxygen atoms in total. The van der Waals surface area contributed by atoms with Gasteiger partial charge in [0.2, 0.25) is 0 Å². The summed E-state index contributed by atoms with van der Waals surface area (Å²) in [5.74, 6) is 0. The van der Waals surface area contributed by atoms with Crippen molar-refractivity contribution in [3.8, 4) is 0 Å². The van der Waals surface area contributed by atoms with Gasteiger partial charge in [0.15, 0.2) is 0 Å². The molecule has 1 aromatic carbocycles. The molecule has 0 saturated carbocycles. The lowest BCUT2D eigenvalue weighted by Crippen LogP contribution is -2.18. The highest BCUT2D eigenvalue weighted by atomic mass is 35.7. The van der Waals surface area contributed by atoms with E-state index in [1.54, 1.807) is 24.3 Å². The van der Waals surface area contributed by atoms with E-state index in [0.717, 1.165) is 5.19 Å². The Labute approximate surface area is 86.3 Å². The van der Waals surface area contributed by atoms with Crippen LogP contribution in [-0.4, -0.2) is 12.7 Å². The Hall–Kier alpha value is -0.0231. The smallest absolute Gasteiger partial charge is 0.266 e. The fraction of sp³-hybridized carbons (Fsp3) is 0. The molecule has 0 N–H and O–H groups in total. The van der Waals surface area contributed by atoms with E-state index in [0.29, 0.717) is 5.56 Å². The molecular formula is C7H5Cl3OSi. The molecule has 0 heterocycles. The second kappa shape index (κ2) is 4.28. The van der Waals surface area contributed by atoms with Crippen molar-refractivity contribution in [3.05, 3.63) is 29.8 Å². The fourth-order valence-electron chi connectivity index (χ4n) is 0.797. The number of rotatable bonds is 2. The first-order chi connectivity index (χ1) is 5.61. The second-order valence-electron chi connectivity index (χ2n) is 2.20. The molecule has 0 amide bonds. The van der Waals surface area contributed by atoms with Crippen molar-refractivity contribution in [2.45, 2.75) is 0 Å². The summed E-state index contributed by atoms with van der Waals surface area (Å²) in [6, 6.07) is 6.77. The summed E-state index contributed by atoms with van der Waals surface area (Å²) in [6.07, 6.45) is 0. The molecular weight excluding hydrogens is 235 g/mol. The highest BCUT2D eigenvalue weighted by molar-refractivity contribution is 7.39. The summed E-state index contributed by atoms with van der Waals surface area (Å²) in [4.78, 5) is 10.7. The van der Waals surface area contributed by atoms with Gasteiger partial charge in [0.25, 0.3) is 12.7 Å². The van der Waals surface area contributed by atoms with E-state index in [9.17, 15) is 4.79 Å². The van der Waals surface area contributed by atoms with Crippen LogP contribution in [0.25, 0.3) is 0 Å². The fourth-order valence-corrected chi connectivity index (χ4v) is 2.29. The van der Waals surface area contributed by atoms with Gasteiger partial charge in [-0.05, 0) is 22.9 Å². The maximum Gasteiger partial charge on any atom is 0.266 e. The zero-order valence-electron chi connectivity index (χ0n) is 5.93. The molecule has 1 aromatic rings. The van der Waals surface area contributed by atoms with E-state index in [2.05, 4.69) is 0 Å². The van der Waals surface area contributed by atoms with E-state index >= 15 is 0 Å². The van der Waals surface area contributed by atoms with Gasteiger partial charge in [0.1, 0.15) is 0 Å². The molecule has 5 heteroatoms. The van der Waals surface area contributed by atoms with Crippen molar-refractivity contribution in [3.63, 3.8) is 0 Å². The number of carbonyl (C=O) groups is 1. The van der Waals surface area contributed by atoms with Gasteiger partial charge in [-0.15, -0.1) is 22.2 Å². The lowest BCUT2D eigenvalue weighted by Gasteiger charge is -2.00. The molecule has 0 radical (unpaired) electrons. The summed E-state index contributed by atoms with van der Waals surface area (Å²) in [5.41, 5.74) is 0.438. The minimum atomic E-state index is -1.86. The van der Waals surface area contributed by atoms with E-state index in [4.69, 9.17) is 33.8 Å². The average molecular weight is 240 g/mol. The monoisotopic (exact) mass is 238 g/mol. The second-order valence-corrected chi connectivity index (χ2v) is 7.10. The first-order valence-electron chi connectivity index (χ1n) is 3.19. The summed E-state index contributed by atoms with van der Waals surface area (Å²) in [6.45, 7) is 0. The maximum absolute atomic E-state index is 10.7. The van der Waals surface area contributed by atoms with Gasteiger partial charge in [0, 0.05) is 5.56 Å². The van der Waals surface area contributed by atoms with Gasteiger partial charge >= 0.3 is 0 Å². The van der Waals surface area contributed by atoms with Crippen molar-refractivity contribution in [2.75, 3.05) is 0 Å². The van der Waals surface area contributed by atoms with Crippen LogP contribution in [0.3, 0.4) is 0 Å². The molecule has 0 spiro atoms. The standard InChI is InChI=1S/C7H5Cl3OSi/c8-7(11)5-2-1-3-6(4-5)12(9)10/h1-4,12H. The minimum absolute atomic E-state index is 0.438. The lowest BCUT2D eigenvalue weighted by atomic mass is 10.2. The Morgan fingerprint density at radius 2 is 2.00 bits per heavy atom. The van der Waals surface area contributed by atoms with Crippen LogP contribution in [0.5, 0.6) is 0 Å². The van der Waals surface area contributed by atoms with Crippen molar-refractivity contribution in [1.29, 1.82) is 0 Å². The van der Waals surface area contributed by atoms with Gasteiger partial charge in [-0.3, -0.25) is 4.79 Å². The molecule has 0 unspecified atom stereocenters. The van der Waals surface area contributed by atoms with Gasteiger partial charge in [-0.25, -0.2) is 0 Å². The number of carbonyl (C=O) groups excluding carboxylic acids is 1. The van der Waals surface area contributed by atoms with Gasteiger partial charge < -0.3 is 0 Å². The van der Waals surface area contributed by atoms with Gasteiger partial charge in [0.05, 0.1) is 0 Å². The number of hydrogen-bond acceptors (Lipinski definition) is 1. The molecule has 0 atom stereocenters. The molecule has 64 valence electrons. The largest absolute Gasteiger partial charge is 0.276 e. The summed E-state index contributed by atoms with van der Waals surface area (Å²) >= 11 is 16.7. The first kappa shape index (κ1) is 10.1. The van der Waals surface area contributed by atoms with Gasteiger partial charge in [-0.1, -0.05) is 18.2 Å². The zero-order chi connectivity index (χ0) is 9.14. The van der Waals surface area contributed by atoms with Crippen LogP contribution in [0.2, 0.25) is 0 Å². The highest BCUT2D eigenvalue weighted by Crippen LogP contribution is 2.04. The molecule has 0 aliphatic carbocycles. The average Bonchev–Trinajstić information content (AvgIpc) is 2.04. The summed E-state index contributed by atoms with van der Waals surface area (Å²) < 4.78 is 0. The Morgan fingerprint density at radius 3 is 2.50 bits per heavy atom. The minimum Gasteiger partial charge on any atom is -0.276 e. The summed E-state index contributed by atoms with van der Waals surface area (Å²) in [5, 5.41) is 0.324. The molecule has 12 heavy (non-hydrogen) atoms. The Bertz CT molecular complexity index is 300. The molecule has 0 aliphatic heterocycles. The normalized spacial score (nSPS) is 10.3. The first-order valence-corrected chi connectivity index (χ1v) is 7.64. The summed E-state index contributed by atoms with van der Waals surface area (Å²) in [7, 11) is -1.86. The zero-order valence-corrected chi connectivity index (χ0v) is 9.35. The van der Waals surface area contributed by atoms with E-state index in [1.807, 2.05) is 0 Å². The predicted octanol–water partition coefficient (Wildman–Crippen LogP) is 1.97. The van der Waals surface area contributed by atoms with E-state index in [-0.39, 0.29) is 0 Å². The third-order valence-corrected chi connectivity index (χ3v) is 3.96.